The zero-order valence-electron chi connectivity index (χ0n) is 20.6. The molecule has 1 N–H and O–H groups in total. The lowest BCUT2D eigenvalue weighted by Crippen LogP contribution is -2.07. The highest BCUT2D eigenvalue weighted by molar-refractivity contribution is 6.30. The largest absolute Gasteiger partial charge is 0.478 e. The summed E-state index contributed by atoms with van der Waals surface area (Å²) in [5, 5.41) is 10.6. The molecule has 1 fully saturated rings. The van der Waals surface area contributed by atoms with E-state index in [2.05, 4.69) is 47.0 Å². The summed E-state index contributed by atoms with van der Waals surface area (Å²) in [5.41, 5.74) is 7.03. The number of rotatable bonds is 8. The van der Waals surface area contributed by atoms with Gasteiger partial charge < -0.3 is 9.67 Å². The minimum absolute atomic E-state index is 0.0187. The summed E-state index contributed by atoms with van der Waals surface area (Å²) in [6.45, 7) is 0.783. The van der Waals surface area contributed by atoms with Gasteiger partial charge in [-0.2, -0.15) is 0 Å². The van der Waals surface area contributed by atoms with Gasteiger partial charge in [-0.25, -0.2) is 9.78 Å². The molecule has 5 aromatic rings. The maximum atomic E-state index is 11.2. The highest BCUT2D eigenvalue weighted by atomic mass is 35.5. The molecule has 0 spiro atoms. The number of nitrogens with zero attached hydrogens (tertiary/aromatic N) is 2. The molecule has 0 unspecified atom stereocenters. The van der Waals surface area contributed by atoms with Gasteiger partial charge in [0.15, 0.2) is 0 Å². The first-order valence-corrected chi connectivity index (χ1v) is 13.5. The fraction of sp³-hybridized carbons (Fsp3) is 0.188. The molecule has 190 valence electrons. The molecule has 38 heavy (non-hydrogen) atoms. The van der Waals surface area contributed by atoms with Crippen LogP contribution in [0.4, 0.5) is 0 Å². The van der Waals surface area contributed by atoms with Crippen LogP contribution < -0.4 is 0 Å². The van der Waals surface area contributed by atoms with E-state index in [-0.39, 0.29) is 5.92 Å². The van der Waals surface area contributed by atoms with E-state index in [0.717, 1.165) is 46.5 Å². The van der Waals surface area contributed by atoms with E-state index in [1.54, 1.807) is 12.1 Å². The molecule has 0 atom stereocenters. The van der Waals surface area contributed by atoms with Crippen molar-refractivity contribution in [2.24, 2.45) is 0 Å². The Morgan fingerprint density at radius 2 is 1.42 bits per heavy atom. The summed E-state index contributed by atoms with van der Waals surface area (Å²) in [6, 6.07) is 29.8. The predicted octanol–water partition coefficient (Wildman–Crippen LogP) is 8.34. The quantitative estimate of drug-likeness (QED) is 0.201. The van der Waals surface area contributed by atoms with Gasteiger partial charge in [-0.3, -0.25) is 0 Å². The van der Waals surface area contributed by atoms with Crippen LogP contribution in [0.15, 0.2) is 91.0 Å². The molecule has 1 aliphatic rings. The fourth-order valence-corrected chi connectivity index (χ4v) is 5.42. The molecule has 1 saturated carbocycles. The Balaban J connectivity index is 1.40. The molecule has 0 amide bonds. The normalized spacial score (nSPS) is 13.3. The lowest BCUT2D eigenvalue weighted by molar-refractivity contribution is 0.0697. The Bertz CT molecular complexity index is 1560. The van der Waals surface area contributed by atoms with Crippen LogP contribution in [0.3, 0.4) is 0 Å². The van der Waals surface area contributed by atoms with Crippen LogP contribution in [-0.2, 0) is 13.0 Å². The minimum Gasteiger partial charge on any atom is -0.478 e. The topological polar surface area (TPSA) is 55.1 Å². The van der Waals surface area contributed by atoms with Gasteiger partial charge >= 0.3 is 5.97 Å². The summed E-state index contributed by atoms with van der Waals surface area (Å²) in [7, 11) is 0. The number of carbonyl (C=O) groups is 1. The second-order valence-electron chi connectivity index (χ2n) is 9.93. The van der Waals surface area contributed by atoms with Crippen molar-refractivity contribution in [1.29, 1.82) is 0 Å². The van der Waals surface area contributed by atoms with Crippen LogP contribution in [0, 0.1) is 0 Å². The number of benzene rings is 4. The highest BCUT2D eigenvalue weighted by Crippen LogP contribution is 2.42. The molecule has 1 aromatic heterocycles. The average molecular weight is 541 g/mol. The number of fused-ring (bicyclic) bond motifs is 1. The third-order valence-electron chi connectivity index (χ3n) is 7.31. The van der Waals surface area contributed by atoms with E-state index >= 15 is 0 Å². The van der Waals surface area contributed by atoms with E-state index in [1.165, 1.54) is 18.4 Å². The monoisotopic (exact) mass is 540 g/mol. The predicted molar refractivity (Wildman–Crippen MR) is 153 cm³/mol. The summed E-state index contributed by atoms with van der Waals surface area (Å²) in [4.78, 5) is 16.3. The minimum atomic E-state index is -0.906. The fourth-order valence-electron chi connectivity index (χ4n) is 5.17. The van der Waals surface area contributed by atoms with Gasteiger partial charge in [0.1, 0.15) is 5.82 Å². The Hall–Kier alpha value is -3.60. The maximum absolute atomic E-state index is 11.2. The third-order valence-corrected chi connectivity index (χ3v) is 7.81. The van der Waals surface area contributed by atoms with Crippen molar-refractivity contribution >= 4 is 40.2 Å². The van der Waals surface area contributed by atoms with Crippen molar-refractivity contribution in [3.8, 4) is 0 Å². The molecular weight excluding hydrogens is 515 g/mol. The number of imidazole rings is 1. The van der Waals surface area contributed by atoms with Crippen molar-refractivity contribution in [3.05, 3.63) is 135 Å². The van der Waals surface area contributed by atoms with Gasteiger partial charge in [0, 0.05) is 28.4 Å². The lowest BCUT2D eigenvalue weighted by atomic mass is 9.85. The van der Waals surface area contributed by atoms with E-state index < -0.39 is 5.97 Å². The van der Waals surface area contributed by atoms with E-state index in [0.29, 0.717) is 21.5 Å². The van der Waals surface area contributed by atoms with Crippen molar-refractivity contribution in [1.82, 2.24) is 9.55 Å². The van der Waals surface area contributed by atoms with Crippen LogP contribution >= 0.6 is 23.2 Å². The van der Waals surface area contributed by atoms with Crippen molar-refractivity contribution < 1.29 is 9.90 Å². The number of carboxylic acids is 1. The molecule has 6 rings (SSSR count). The lowest BCUT2D eigenvalue weighted by Gasteiger charge is -2.20. The van der Waals surface area contributed by atoms with Gasteiger partial charge in [0.05, 0.1) is 16.6 Å². The summed E-state index contributed by atoms with van der Waals surface area (Å²) < 4.78 is 2.36. The number of hydrogen-bond acceptors (Lipinski definition) is 2. The molecule has 1 heterocycles. The van der Waals surface area contributed by atoms with E-state index in [4.69, 9.17) is 28.2 Å². The molecule has 0 radical (unpaired) electrons. The van der Waals surface area contributed by atoms with Gasteiger partial charge in [-0.15, -0.1) is 0 Å². The molecule has 0 aliphatic heterocycles. The Kier molecular flexibility index (Phi) is 6.69. The first kappa shape index (κ1) is 24.7. The van der Waals surface area contributed by atoms with Crippen molar-refractivity contribution in [2.45, 2.75) is 37.6 Å². The second kappa shape index (κ2) is 10.3. The number of hydrogen-bond donors (Lipinski definition) is 1. The summed E-state index contributed by atoms with van der Waals surface area (Å²) >= 11 is 12.4. The van der Waals surface area contributed by atoms with Gasteiger partial charge in [0.2, 0.25) is 0 Å². The van der Waals surface area contributed by atoms with Crippen LogP contribution in [0.1, 0.15) is 63.1 Å². The molecular formula is C32H26Cl2N2O2. The average Bonchev–Trinajstić information content (AvgIpc) is 3.71. The van der Waals surface area contributed by atoms with Crippen LogP contribution in [-0.4, -0.2) is 20.6 Å². The Labute approximate surface area is 231 Å². The van der Waals surface area contributed by atoms with E-state index in [9.17, 15) is 9.90 Å². The number of aromatic carboxylic acids is 1. The SMILES string of the molecule is O=C(O)c1ccc(CCn2c(C3CC3)nc3ccc(C(c4ccc(Cl)cc4)c4ccc(Cl)cc4)cc32)cc1. The molecule has 4 nitrogen and oxygen atoms in total. The summed E-state index contributed by atoms with van der Waals surface area (Å²) in [6.07, 6.45) is 3.14. The number of aryl methyl sites for hydroxylation is 2. The molecule has 4 aromatic carbocycles. The smallest absolute Gasteiger partial charge is 0.335 e. The zero-order chi connectivity index (χ0) is 26.2. The number of aromatic nitrogens is 2. The molecule has 6 heteroatoms. The standard InChI is InChI=1S/C32H26Cl2N2O2/c33-26-12-7-21(8-13-26)30(22-9-14-27(34)15-10-22)25-11-16-28-29(19-25)36(31(35-28)23-5-6-23)18-17-20-1-3-24(4-2-20)32(37)38/h1-4,7-16,19,23,30H,5-6,17-18H2,(H,37,38). The van der Waals surface area contributed by atoms with Crippen LogP contribution in [0.5, 0.6) is 0 Å². The Morgan fingerprint density at radius 3 is 1.97 bits per heavy atom. The highest BCUT2D eigenvalue weighted by Gasteiger charge is 2.30. The summed E-state index contributed by atoms with van der Waals surface area (Å²) in [5.74, 6) is 0.763. The van der Waals surface area contributed by atoms with Crippen molar-refractivity contribution in [3.63, 3.8) is 0 Å². The number of carboxylic acid groups (broad SMARTS) is 1. The van der Waals surface area contributed by atoms with Gasteiger partial charge in [0.25, 0.3) is 0 Å². The molecule has 0 saturated heterocycles. The maximum Gasteiger partial charge on any atom is 0.335 e. The van der Waals surface area contributed by atoms with Gasteiger partial charge in [-0.1, -0.05) is 65.7 Å². The third kappa shape index (κ3) is 5.07. The molecule has 1 aliphatic carbocycles. The van der Waals surface area contributed by atoms with Gasteiger partial charge in [-0.05, 0) is 90.0 Å². The molecule has 0 bridgehead atoms. The Morgan fingerprint density at radius 1 is 0.842 bits per heavy atom. The van der Waals surface area contributed by atoms with E-state index in [1.807, 2.05) is 36.4 Å². The van der Waals surface area contributed by atoms with Crippen LogP contribution in [0.2, 0.25) is 10.0 Å². The van der Waals surface area contributed by atoms with Crippen molar-refractivity contribution in [2.75, 3.05) is 0 Å². The first-order valence-electron chi connectivity index (χ1n) is 12.8. The second-order valence-corrected chi connectivity index (χ2v) is 10.8. The first-order chi connectivity index (χ1) is 18.5. The van der Waals surface area contributed by atoms with Crippen LogP contribution in [0.25, 0.3) is 11.0 Å². The number of halogens is 2. The zero-order valence-corrected chi connectivity index (χ0v) is 22.2.